The van der Waals surface area contributed by atoms with Crippen molar-refractivity contribution >= 4 is 11.6 Å². The van der Waals surface area contributed by atoms with E-state index in [1.54, 1.807) is 31.6 Å². The van der Waals surface area contributed by atoms with Crippen molar-refractivity contribution in [2.24, 2.45) is 0 Å². The molecule has 1 N–H and O–H groups in total. The van der Waals surface area contributed by atoms with Crippen LogP contribution in [0, 0.1) is 0 Å². The van der Waals surface area contributed by atoms with Gasteiger partial charge in [-0.1, -0.05) is 0 Å². The third-order valence-electron chi connectivity index (χ3n) is 2.31. The minimum atomic E-state index is -0.249. The topological polar surface area (TPSA) is 66.3 Å². The third-order valence-corrected chi connectivity index (χ3v) is 2.31. The lowest BCUT2D eigenvalue weighted by atomic mass is 10.2. The standard InChI is InChI=1S/C12H11N3O2/c1-15(10-3-2-4-13-7-10)12(17)9-5-11(16)8-14-6-9/h2-8,16H,1H3. The number of aromatic hydroxyl groups is 1. The fourth-order valence-corrected chi connectivity index (χ4v) is 1.41. The van der Waals surface area contributed by atoms with Gasteiger partial charge in [0, 0.05) is 19.4 Å². The average molecular weight is 229 g/mol. The minimum Gasteiger partial charge on any atom is -0.506 e. The summed E-state index contributed by atoms with van der Waals surface area (Å²) in [4.78, 5) is 21.2. The summed E-state index contributed by atoms with van der Waals surface area (Å²) >= 11 is 0. The van der Waals surface area contributed by atoms with Gasteiger partial charge in [-0.25, -0.2) is 0 Å². The first kappa shape index (κ1) is 11.1. The van der Waals surface area contributed by atoms with Crippen LogP contribution in [0.2, 0.25) is 0 Å². The van der Waals surface area contributed by atoms with Crippen LogP contribution in [0.4, 0.5) is 5.69 Å². The Labute approximate surface area is 98.4 Å². The lowest BCUT2D eigenvalue weighted by Gasteiger charge is -2.16. The van der Waals surface area contributed by atoms with Gasteiger partial charge in [0.2, 0.25) is 0 Å². The van der Waals surface area contributed by atoms with E-state index in [-0.39, 0.29) is 11.7 Å². The molecule has 2 aromatic rings. The molecule has 0 aliphatic heterocycles. The van der Waals surface area contributed by atoms with Crippen molar-refractivity contribution in [2.45, 2.75) is 0 Å². The van der Waals surface area contributed by atoms with Gasteiger partial charge < -0.3 is 10.0 Å². The molecule has 1 amide bonds. The van der Waals surface area contributed by atoms with E-state index in [9.17, 15) is 9.90 Å². The first-order valence-electron chi connectivity index (χ1n) is 5.00. The molecule has 17 heavy (non-hydrogen) atoms. The molecule has 2 heterocycles. The van der Waals surface area contributed by atoms with E-state index in [0.717, 1.165) is 0 Å². The van der Waals surface area contributed by atoms with Crippen LogP contribution >= 0.6 is 0 Å². The normalized spacial score (nSPS) is 9.94. The highest BCUT2D eigenvalue weighted by atomic mass is 16.3. The van der Waals surface area contributed by atoms with E-state index in [2.05, 4.69) is 9.97 Å². The van der Waals surface area contributed by atoms with E-state index in [0.29, 0.717) is 11.3 Å². The zero-order valence-electron chi connectivity index (χ0n) is 9.24. The molecule has 86 valence electrons. The number of anilines is 1. The lowest BCUT2D eigenvalue weighted by Crippen LogP contribution is -2.26. The lowest BCUT2D eigenvalue weighted by molar-refractivity contribution is 0.0992. The molecule has 0 radical (unpaired) electrons. The van der Waals surface area contributed by atoms with Crippen LogP contribution in [-0.4, -0.2) is 28.0 Å². The van der Waals surface area contributed by atoms with Gasteiger partial charge in [0.15, 0.2) is 0 Å². The zero-order valence-corrected chi connectivity index (χ0v) is 9.24. The van der Waals surface area contributed by atoms with E-state index >= 15 is 0 Å². The van der Waals surface area contributed by atoms with Gasteiger partial charge in [-0.05, 0) is 18.2 Å². The summed E-state index contributed by atoms with van der Waals surface area (Å²) in [6.07, 6.45) is 5.92. The van der Waals surface area contributed by atoms with Crippen molar-refractivity contribution in [1.29, 1.82) is 0 Å². The first-order valence-corrected chi connectivity index (χ1v) is 5.00. The van der Waals surface area contributed by atoms with Gasteiger partial charge in [0.25, 0.3) is 5.91 Å². The van der Waals surface area contributed by atoms with Gasteiger partial charge in [0.05, 0.1) is 23.6 Å². The Kier molecular flexibility index (Phi) is 3.00. The number of amides is 1. The maximum Gasteiger partial charge on any atom is 0.259 e. The van der Waals surface area contributed by atoms with Crippen molar-refractivity contribution in [2.75, 3.05) is 11.9 Å². The highest BCUT2D eigenvalue weighted by Crippen LogP contribution is 2.15. The summed E-state index contributed by atoms with van der Waals surface area (Å²) in [5.74, 6) is -0.281. The molecule has 0 unspecified atom stereocenters. The molecular weight excluding hydrogens is 218 g/mol. The molecule has 0 spiro atoms. The third kappa shape index (κ3) is 2.39. The summed E-state index contributed by atoms with van der Waals surface area (Å²) in [6.45, 7) is 0. The number of carbonyl (C=O) groups excluding carboxylic acids is 1. The first-order chi connectivity index (χ1) is 8.18. The number of nitrogens with zero attached hydrogens (tertiary/aromatic N) is 3. The average Bonchev–Trinajstić information content (AvgIpc) is 2.38. The molecule has 0 atom stereocenters. The Hall–Kier alpha value is -2.43. The molecule has 0 aliphatic carbocycles. The Morgan fingerprint density at radius 1 is 1.29 bits per heavy atom. The predicted octanol–water partition coefficient (Wildman–Crippen LogP) is 1.46. The summed E-state index contributed by atoms with van der Waals surface area (Å²) in [5.41, 5.74) is 1.01. The monoisotopic (exact) mass is 229 g/mol. The van der Waals surface area contributed by atoms with Gasteiger partial charge in [-0.15, -0.1) is 0 Å². The Morgan fingerprint density at radius 2 is 2.12 bits per heavy atom. The van der Waals surface area contributed by atoms with Crippen LogP contribution < -0.4 is 4.90 Å². The molecule has 0 fully saturated rings. The molecule has 0 saturated heterocycles. The highest BCUT2D eigenvalue weighted by molar-refractivity contribution is 6.05. The second-order valence-corrected chi connectivity index (χ2v) is 3.51. The number of hydrogen-bond acceptors (Lipinski definition) is 4. The van der Waals surface area contributed by atoms with Crippen LogP contribution in [0.15, 0.2) is 43.0 Å². The van der Waals surface area contributed by atoms with Crippen LogP contribution in [0.25, 0.3) is 0 Å². The Bertz CT molecular complexity index is 528. The highest BCUT2D eigenvalue weighted by Gasteiger charge is 2.14. The predicted molar refractivity (Wildman–Crippen MR) is 62.9 cm³/mol. The fourth-order valence-electron chi connectivity index (χ4n) is 1.41. The maximum atomic E-state index is 12.0. The second kappa shape index (κ2) is 4.61. The molecule has 0 aliphatic rings. The zero-order chi connectivity index (χ0) is 12.3. The number of aromatic nitrogens is 2. The minimum absolute atomic E-state index is 0.0320. The van der Waals surface area contributed by atoms with Crippen LogP contribution in [-0.2, 0) is 0 Å². The van der Waals surface area contributed by atoms with Crippen LogP contribution in [0.5, 0.6) is 5.75 Å². The van der Waals surface area contributed by atoms with Crippen LogP contribution in [0.3, 0.4) is 0 Å². The number of carbonyl (C=O) groups is 1. The van der Waals surface area contributed by atoms with Crippen molar-refractivity contribution in [1.82, 2.24) is 9.97 Å². The molecular formula is C12H11N3O2. The maximum absolute atomic E-state index is 12.0. The summed E-state index contributed by atoms with van der Waals surface area (Å²) < 4.78 is 0. The number of pyridine rings is 2. The molecule has 2 rings (SSSR count). The molecule has 0 aromatic carbocycles. The second-order valence-electron chi connectivity index (χ2n) is 3.51. The molecule has 2 aromatic heterocycles. The molecule has 0 saturated carbocycles. The van der Waals surface area contributed by atoms with E-state index < -0.39 is 0 Å². The number of rotatable bonds is 2. The van der Waals surface area contributed by atoms with E-state index in [1.165, 1.54) is 23.4 Å². The van der Waals surface area contributed by atoms with Gasteiger partial charge >= 0.3 is 0 Å². The number of hydrogen-bond donors (Lipinski definition) is 1. The molecule has 5 nitrogen and oxygen atoms in total. The SMILES string of the molecule is CN(C(=O)c1cncc(O)c1)c1cccnc1. The molecule has 5 heteroatoms. The van der Waals surface area contributed by atoms with Crippen LogP contribution in [0.1, 0.15) is 10.4 Å². The van der Waals surface area contributed by atoms with E-state index in [4.69, 9.17) is 0 Å². The Balaban J connectivity index is 2.27. The van der Waals surface area contributed by atoms with Crippen molar-refractivity contribution in [3.63, 3.8) is 0 Å². The summed E-state index contributed by atoms with van der Waals surface area (Å²) in [5, 5.41) is 9.27. The van der Waals surface area contributed by atoms with Gasteiger partial charge in [0.1, 0.15) is 5.75 Å². The van der Waals surface area contributed by atoms with Gasteiger partial charge in [-0.2, -0.15) is 0 Å². The fraction of sp³-hybridized carbons (Fsp3) is 0.0833. The largest absolute Gasteiger partial charge is 0.506 e. The van der Waals surface area contributed by atoms with Crippen molar-refractivity contribution in [3.8, 4) is 5.75 Å². The molecule has 0 bridgehead atoms. The quantitative estimate of drug-likeness (QED) is 0.846. The smallest absolute Gasteiger partial charge is 0.259 e. The summed E-state index contributed by atoms with van der Waals surface area (Å²) in [6, 6.07) is 4.91. The van der Waals surface area contributed by atoms with Crippen molar-refractivity contribution < 1.29 is 9.90 Å². The van der Waals surface area contributed by atoms with Crippen molar-refractivity contribution in [3.05, 3.63) is 48.5 Å². The van der Waals surface area contributed by atoms with E-state index in [1.807, 2.05) is 0 Å². The Morgan fingerprint density at radius 3 is 2.76 bits per heavy atom. The van der Waals surface area contributed by atoms with Gasteiger partial charge in [-0.3, -0.25) is 14.8 Å². The summed E-state index contributed by atoms with van der Waals surface area (Å²) in [7, 11) is 1.64.